The lowest BCUT2D eigenvalue weighted by Crippen LogP contribution is -2.26. The van der Waals surface area contributed by atoms with E-state index in [4.69, 9.17) is 33.5 Å². The first-order valence-corrected chi connectivity index (χ1v) is 8.22. The van der Waals surface area contributed by atoms with Gasteiger partial charge in [-0.15, -0.1) is 0 Å². The van der Waals surface area contributed by atoms with Gasteiger partial charge < -0.3 is 21.9 Å². The van der Waals surface area contributed by atoms with Crippen molar-refractivity contribution in [1.82, 2.24) is 0 Å². The molecule has 28 heavy (non-hydrogen) atoms. The molecule has 6 nitrogen and oxygen atoms in total. The van der Waals surface area contributed by atoms with Crippen LogP contribution in [0.3, 0.4) is 0 Å². The molecule has 0 aromatic heterocycles. The third-order valence-electron chi connectivity index (χ3n) is 3.00. The fourth-order valence-corrected chi connectivity index (χ4v) is 2.77. The fraction of sp³-hybridized carbons (Fsp3) is 0.0667. The molecule has 0 spiro atoms. The first kappa shape index (κ1) is 21.7. The molecule has 150 valence electrons. The van der Waals surface area contributed by atoms with E-state index >= 15 is 0 Å². The molecule has 0 saturated heterocycles. The summed E-state index contributed by atoms with van der Waals surface area (Å²) in [5.41, 5.74) is 14.2. The molecule has 2 aromatic carbocycles. The van der Waals surface area contributed by atoms with Crippen LogP contribution in [-0.4, -0.2) is 11.9 Å². The SMILES string of the molecule is NC(N)=NC(N)=Nc1cc(Br)cc(Cl)c1Oc1c(F)cc(C(F)(F)F)cc1F. The minimum Gasteiger partial charge on any atom is -0.447 e. The zero-order valence-electron chi connectivity index (χ0n) is 13.5. The van der Waals surface area contributed by atoms with E-state index in [-0.39, 0.29) is 22.8 Å². The molecule has 13 heteroatoms. The second-order valence-corrected chi connectivity index (χ2v) is 6.43. The zero-order chi connectivity index (χ0) is 21.2. The van der Waals surface area contributed by atoms with Gasteiger partial charge in [0.25, 0.3) is 0 Å². The standard InChI is InChI=1S/C15H10BrClF5N5O/c16-6-3-7(17)11(10(4-6)26-14(25)27-13(23)24)28-12-8(18)1-5(2-9(12)19)15(20,21)22/h1-4H,(H6,23,24,25,26,27). The van der Waals surface area contributed by atoms with E-state index in [1.54, 1.807) is 0 Å². The average molecular weight is 487 g/mol. The van der Waals surface area contributed by atoms with Crippen LogP contribution in [0.5, 0.6) is 11.5 Å². The second-order valence-electron chi connectivity index (χ2n) is 5.11. The molecule has 0 aliphatic rings. The lowest BCUT2D eigenvalue weighted by atomic mass is 10.2. The van der Waals surface area contributed by atoms with E-state index in [9.17, 15) is 22.0 Å². The molecule has 0 aliphatic carbocycles. The lowest BCUT2D eigenvalue weighted by Gasteiger charge is -2.14. The molecular weight excluding hydrogens is 477 g/mol. The van der Waals surface area contributed by atoms with Crippen LogP contribution in [0.25, 0.3) is 0 Å². The smallest absolute Gasteiger partial charge is 0.416 e. The Kier molecular flexibility index (Phi) is 6.34. The van der Waals surface area contributed by atoms with Gasteiger partial charge in [-0.25, -0.2) is 13.8 Å². The van der Waals surface area contributed by atoms with Gasteiger partial charge in [0.15, 0.2) is 29.1 Å². The molecule has 0 amide bonds. The third-order valence-corrected chi connectivity index (χ3v) is 3.74. The number of benzene rings is 2. The lowest BCUT2D eigenvalue weighted by molar-refractivity contribution is -0.138. The second kappa shape index (κ2) is 8.19. The predicted octanol–water partition coefficient (Wildman–Crippen LogP) is 4.41. The van der Waals surface area contributed by atoms with E-state index in [0.29, 0.717) is 4.47 Å². The summed E-state index contributed by atoms with van der Waals surface area (Å²) in [5, 5.41) is -0.177. The molecule has 6 N–H and O–H groups in total. The Labute approximate surface area is 168 Å². The van der Waals surface area contributed by atoms with Crippen molar-refractivity contribution in [2.75, 3.05) is 0 Å². The van der Waals surface area contributed by atoms with Crippen molar-refractivity contribution >= 4 is 45.1 Å². The molecule has 0 unspecified atom stereocenters. The molecule has 2 aromatic rings. The number of alkyl halides is 3. The average Bonchev–Trinajstić information content (AvgIpc) is 2.50. The molecule has 0 heterocycles. The number of halogens is 7. The number of nitrogens with zero attached hydrogens (tertiary/aromatic N) is 2. The van der Waals surface area contributed by atoms with Crippen molar-refractivity contribution in [3.05, 3.63) is 51.0 Å². The van der Waals surface area contributed by atoms with Crippen LogP contribution >= 0.6 is 27.5 Å². The molecule has 0 bridgehead atoms. The minimum atomic E-state index is -4.94. The highest BCUT2D eigenvalue weighted by Crippen LogP contribution is 2.43. The van der Waals surface area contributed by atoms with Gasteiger partial charge in [0, 0.05) is 4.47 Å². The van der Waals surface area contributed by atoms with Gasteiger partial charge in [-0.1, -0.05) is 27.5 Å². The zero-order valence-corrected chi connectivity index (χ0v) is 15.8. The van der Waals surface area contributed by atoms with Gasteiger partial charge in [-0.3, -0.25) is 0 Å². The molecule has 0 saturated carbocycles. The summed E-state index contributed by atoms with van der Waals surface area (Å²) in [7, 11) is 0. The Hall–Kier alpha value is -2.60. The molecule has 0 atom stereocenters. The van der Waals surface area contributed by atoms with E-state index in [2.05, 4.69) is 25.9 Å². The maximum atomic E-state index is 14.1. The topological polar surface area (TPSA) is 112 Å². The van der Waals surface area contributed by atoms with Crippen LogP contribution in [-0.2, 0) is 6.18 Å². The third kappa shape index (κ3) is 5.23. The van der Waals surface area contributed by atoms with Crippen LogP contribution in [0.2, 0.25) is 5.02 Å². The van der Waals surface area contributed by atoms with Gasteiger partial charge in [0.2, 0.25) is 5.96 Å². The molecule has 0 fully saturated rings. The maximum Gasteiger partial charge on any atom is 0.416 e. The van der Waals surface area contributed by atoms with Gasteiger partial charge in [-0.05, 0) is 24.3 Å². The summed E-state index contributed by atoms with van der Waals surface area (Å²) in [4.78, 5) is 7.28. The molecule has 0 aliphatic heterocycles. The van der Waals surface area contributed by atoms with Crippen LogP contribution in [0.4, 0.5) is 27.6 Å². The summed E-state index contributed by atoms with van der Waals surface area (Å²) in [6.45, 7) is 0. The van der Waals surface area contributed by atoms with Gasteiger partial charge in [0.05, 0.1) is 10.6 Å². The van der Waals surface area contributed by atoms with Crippen LogP contribution < -0.4 is 21.9 Å². The van der Waals surface area contributed by atoms with Crippen molar-refractivity contribution in [3.8, 4) is 11.5 Å². The Balaban J connectivity index is 2.57. The van der Waals surface area contributed by atoms with E-state index in [0.717, 1.165) is 0 Å². The van der Waals surface area contributed by atoms with E-state index < -0.39 is 46.8 Å². The van der Waals surface area contributed by atoms with E-state index in [1.165, 1.54) is 12.1 Å². The first-order chi connectivity index (χ1) is 12.9. The Morgan fingerprint density at radius 3 is 2.07 bits per heavy atom. The molecule has 2 rings (SSSR count). The monoisotopic (exact) mass is 485 g/mol. The summed E-state index contributed by atoms with van der Waals surface area (Å²) < 4.78 is 71.6. The summed E-state index contributed by atoms with van der Waals surface area (Å²) in [6, 6.07) is 2.77. The van der Waals surface area contributed by atoms with Crippen LogP contribution in [0, 0.1) is 11.6 Å². The van der Waals surface area contributed by atoms with Crippen molar-refractivity contribution in [2.45, 2.75) is 6.18 Å². The number of hydrogen-bond acceptors (Lipinski definition) is 2. The predicted molar refractivity (Wildman–Crippen MR) is 97.7 cm³/mol. The molecule has 0 radical (unpaired) electrons. The highest BCUT2D eigenvalue weighted by Gasteiger charge is 2.33. The van der Waals surface area contributed by atoms with Crippen molar-refractivity contribution in [3.63, 3.8) is 0 Å². The first-order valence-electron chi connectivity index (χ1n) is 7.05. The Morgan fingerprint density at radius 2 is 1.57 bits per heavy atom. The quantitative estimate of drug-likeness (QED) is 0.339. The van der Waals surface area contributed by atoms with Crippen LogP contribution in [0.15, 0.2) is 38.7 Å². The normalized spacial score (nSPS) is 12.0. The van der Waals surface area contributed by atoms with Gasteiger partial charge in [-0.2, -0.15) is 18.2 Å². The Bertz CT molecular complexity index is 953. The summed E-state index contributed by atoms with van der Waals surface area (Å²) in [6.07, 6.45) is -4.94. The number of nitrogens with two attached hydrogens (primary N) is 3. The van der Waals surface area contributed by atoms with Gasteiger partial charge in [0.1, 0.15) is 5.69 Å². The minimum absolute atomic E-state index is 0.0852. The van der Waals surface area contributed by atoms with E-state index in [1.807, 2.05) is 0 Å². The van der Waals surface area contributed by atoms with Crippen molar-refractivity contribution in [1.29, 1.82) is 0 Å². The largest absolute Gasteiger partial charge is 0.447 e. The highest BCUT2D eigenvalue weighted by atomic mass is 79.9. The Morgan fingerprint density at radius 1 is 1.00 bits per heavy atom. The number of aliphatic imine (C=N–C) groups is 2. The van der Waals surface area contributed by atoms with Crippen molar-refractivity contribution < 1.29 is 26.7 Å². The summed E-state index contributed by atoms with van der Waals surface area (Å²) >= 11 is 9.13. The number of ether oxygens (including phenoxy) is 1. The molecular formula is C15H10BrClF5N5O. The number of guanidine groups is 2. The fourth-order valence-electron chi connectivity index (χ4n) is 1.93. The maximum absolute atomic E-state index is 14.1. The van der Waals surface area contributed by atoms with Crippen LogP contribution in [0.1, 0.15) is 5.56 Å². The number of hydrogen-bond donors (Lipinski definition) is 3. The highest BCUT2D eigenvalue weighted by molar-refractivity contribution is 9.10. The number of rotatable bonds is 3. The van der Waals surface area contributed by atoms with Crippen molar-refractivity contribution in [2.24, 2.45) is 27.2 Å². The summed E-state index contributed by atoms with van der Waals surface area (Å²) in [5.74, 6) is -5.56. The van der Waals surface area contributed by atoms with Gasteiger partial charge >= 0.3 is 6.18 Å².